The fourth-order valence-corrected chi connectivity index (χ4v) is 3.02. The van der Waals surface area contributed by atoms with Crippen molar-refractivity contribution in [1.29, 1.82) is 0 Å². The number of nitrogens with zero attached hydrogens (tertiary/aromatic N) is 3. The summed E-state index contributed by atoms with van der Waals surface area (Å²) in [6, 6.07) is 9.27. The average molecular weight is 316 g/mol. The Bertz CT molecular complexity index is 603. The molecule has 1 N–H and O–H groups in total. The summed E-state index contributed by atoms with van der Waals surface area (Å²) in [5.74, 6) is -0.550. The van der Waals surface area contributed by atoms with E-state index in [9.17, 15) is 14.4 Å². The Balaban J connectivity index is 1.77. The van der Waals surface area contributed by atoms with Gasteiger partial charge in [-0.2, -0.15) is 0 Å². The molecule has 1 aromatic rings. The number of urea groups is 1. The Labute approximate surface area is 134 Å². The highest BCUT2D eigenvalue weighted by atomic mass is 16.2. The molecule has 2 aliphatic rings. The van der Waals surface area contributed by atoms with Gasteiger partial charge >= 0.3 is 6.03 Å². The van der Waals surface area contributed by atoms with Crippen LogP contribution in [0.1, 0.15) is 11.6 Å². The lowest BCUT2D eigenvalue weighted by Gasteiger charge is -2.40. The molecule has 2 heterocycles. The molecule has 4 amide bonds. The number of carbonyl (C=O) groups is 3. The van der Waals surface area contributed by atoms with Crippen LogP contribution in [0.5, 0.6) is 0 Å². The summed E-state index contributed by atoms with van der Waals surface area (Å²) in [7, 11) is 2.02. The minimum absolute atomic E-state index is 0.0308. The second kappa shape index (κ2) is 6.37. The van der Waals surface area contributed by atoms with E-state index < -0.39 is 6.03 Å². The van der Waals surface area contributed by atoms with Gasteiger partial charge in [0.05, 0.1) is 12.6 Å². The Morgan fingerprint density at radius 2 is 1.96 bits per heavy atom. The van der Waals surface area contributed by atoms with Crippen LogP contribution in [0, 0.1) is 0 Å². The minimum Gasteiger partial charge on any atom is -0.332 e. The van der Waals surface area contributed by atoms with Crippen molar-refractivity contribution < 1.29 is 14.4 Å². The molecule has 1 aromatic carbocycles. The predicted octanol–water partition coefficient (Wildman–Crippen LogP) is 0.0535. The van der Waals surface area contributed by atoms with Crippen molar-refractivity contribution in [1.82, 2.24) is 20.0 Å². The lowest BCUT2D eigenvalue weighted by atomic mass is 10.0. The predicted molar refractivity (Wildman–Crippen MR) is 83.5 cm³/mol. The zero-order valence-corrected chi connectivity index (χ0v) is 13.1. The van der Waals surface area contributed by atoms with E-state index in [-0.39, 0.29) is 30.9 Å². The maximum Gasteiger partial charge on any atom is 0.325 e. The quantitative estimate of drug-likeness (QED) is 0.800. The van der Waals surface area contributed by atoms with E-state index in [0.29, 0.717) is 6.54 Å². The van der Waals surface area contributed by atoms with E-state index in [1.807, 2.05) is 37.4 Å². The lowest BCUT2D eigenvalue weighted by Crippen LogP contribution is -2.52. The summed E-state index contributed by atoms with van der Waals surface area (Å²) in [5, 5.41) is 2.44. The van der Waals surface area contributed by atoms with Crippen LogP contribution in [0.2, 0.25) is 0 Å². The smallest absolute Gasteiger partial charge is 0.325 e. The average Bonchev–Trinajstić information content (AvgIpc) is 2.87. The van der Waals surface area contributed by atoms with Gasteiger partial charge in [-0.25, -0.2) is 4.79 Å². The number of carbonyl (C=O) groups excluding carboxylic acids is 3. The summed E-state index contributed by atoms with van der Waals surface area (Å²) in [5.41, 5.74) is 1.06. The molecule has 23 heavy (non-hydrogen) atoms. The van der Waals surface area contributed by atoms with Gasteiger partial charge in [-0.1, -0.05) is 30.3 Å². The van der Waals surface area contributed by atoms with Crippen molar-refractivity contribution in [3.05, 3.63) is 35.9 Å². The molecule has 2 saturated heterocycles. The third kappa shape index (κ3) is 3.19. The van der Waals surface area contributed by atoms with Gasteiger partial charge in [-0.3, -0.25) is 14.5 Å². The summed E-state index contributed by atoms with van der Waals surface area (Å²) in [6.07, 6.45) is 0. The van der Waals surface area contributed by atoms with Gasteiger partial charge in [0.2, 0.25) is 5.91 Å². The minimum atomic E-state index is -0.492. The molecule has 0 bridgehead atoms. The number of hydrogen-bond donors (Lipinski definition) is 1. The summed E-state index contributed by atoms with van der Waals surface area (Å²) < 4.78 is 0. The first-order valence-electron chi connectivity index (χ1n) is 7.67. The van der Waals surface area contributed by atoms with Crippen molar-refractivity contribution in [3.63, 3.8) is 0 Å². The molecule has 122 valence electrons. The first-order valence-corrected chi connectivity index (χ1v) is 7.67. The zero-order valence-electron chi connectivity index (χ0n) is 13.1. The van der Waals surface area contributed by atoms with Crippen LogP contribution in [0.15, 0.2) is 30.3 Å². The fourth-order valence-electron chi connectivity index (χ4n) is 3.02. The SMILES string of the molecule is CN1CCN(C(=O)CN2C(=O)CNC2=O)C(c2ccccc2)C1. The van der Waals surface area contributed by atoms with Crippen molar-refractivity contribution in [3.8, 4) is 0 Å². The van der Waals surface area contributed by atoms with Crippen LogP contribution >= 0.6 is 0 Å². The van der Waals surface area contributed by atoms with Crippen LogP contribution in [0.3, 0.4) is 0 Å². The van der Waals surface area contributed by atoms with E-state index >= 15 is 0 Å². The number of rotatable bonds is 3. The third-order valence-electron chi connectivity index (χ3n) is 4.32. The van der Waals surface area contributed by atoms with Gasteiger partial charge in [0.25, 0.3) is 5.91 Å². The molecule has 2 fully saturated rings. The molecule has 7 heteroatoms. The Morgan fingerprint density at radius 3 is 2.61 bits per heavy atom. The number of imide groups is 1. The maximum atomic E-state index is 12.7. The van der Waals surface area contributed by atoms with Crippen LogP contribution in [-0.4, -0.2) is 72.3 Å². The summed E-state index contributed by atoms with van der Waals surface area (Å²) >= 11 is 0. The van der Waals surface area contributed by atoms with Gasteiger partial charge in [0, 0.05) is 19.6 Å². The molecule has 3 rings (SSSR count). The number of nitrogens with one attached hydrogen (secondary N) is 1. The van der Waals surface area contributed by atoms with Gasteiger partial charge in [-0.05, 0) is 12.6 Å². The third-order valence-corrected chi connectivity index (χ3v) is 4.32. The monoisotopic (exact) mass is 316 g/mol. The number of hydrogen-bond acceptors (Lipinski definition) is 4. The highest BCUT2D eigenvalue weighted by molar-refractivity contribution is 6.04. The van der Waals surface area contributed by atoms with E-state index in [1.54, 1.807) is 4.90 Å². The molecule has 1 atom stereocenters. The lowest BCUT2D eigenvalue weighted by molar-refractivity contribution is -0.140. The largest absolute Gasteiger partial charge is 0.332 e. The molecule has 0 radical (unpaired) electrons. The Morgan fingerprint density at radius 1 is 1.22 bits per heavy atom. The maximum absolute atomic E-state index is 12.7. The standard InChI is InChI=1S/C16H20N4O3/c1-18-7-8-19(13(10-18)12-5-3-2-4-6-12)15(22)11-20-14(21)9-17-16(20)23/h2-6,13H,7-11H2,1H3,(H,17,23). The van der Waals surface area contributed by atoms with Gasteiger partial charge in [0.1, 0.15) is 6.54 Å². The molecular formula is C16H20N4O3. The van der Waals surface area contributed by atoms with Crippen molar-refractivity contribution in [2.24, 2.45) is 0 Å². The van der Waals surface area contributed by atoms with E-state index in [4.69, 9.17) is 0 Å². The van der Waals surface area contributed by atoms with Crippen LogP contribution in [-0.2, 0) is 9.59 Å². The Hall–Kier alpha value is -2.41. The molecule has 0 spiro atoms. The molecule has 1 unspecified atom stereocenters. The Kier molecular flexibility index (Phi) is 4.29. The van der Waals surface area contributed by atoms with Gasteiger partial charge in [0.15, 0.2) is 0 Å². The van der Waals surface area contributed by atoms with E-state index in [0.717, 1.165) is 23.6 Å². The van der Waals surface area contributed by atoms with Crippen molar-refractivity contribution in [2.45, 2.75) is 6.04 Å². The number of amides is 4. The topological polar surface area (TPSA) is 73.0 Å². The molecule has 0 saturated carbocycles. The molecule has 0 aliphatic carbocycles. The van der Waals surface area contributed by atoms with Crippen molar-refractivity contribution >= 4 is 17.8 Å². The number of piperazine rings is 1. The summed E-state index contributed by atoms with van der Waals surface area (Å²) in [4.78, 5) is 40.9. The summed E-state index contributed by atoms with van der Waals surface area (Å²) in [6.45, 7) is 1.86. The zero-order chi connectivity index (χ0) is 16.4. The highest BCUT2D eigenvalue weighted by Gasteiger charge is 2.35. The van der Waals surface area contributed by atoms with Crippen LogP contribution < -0.4 is 5.32 Å². The second-order valence-electron chi connectivity index (χ2n) is 5.91. The number of benzene rings is 1. The van der Waals surface area contributed by atoms with Gasteiger partial charge in [-0.15, -0.1) is 0 Å². The van der Waals surface area contributed by atoms with E-state index in [1.165, 1.54) is 0 Å². The first-order chi connectivity index (χ1) is 11.1. The number of likely N-dealkylation sites (N-methyl/N-ethyl adjacent to an activating group) is 1. The second-order valence-corrected chi connectivity index (χ2v) is 5.91. The van der Waals surface area contributed by atoms with Crippen molar-refractivity contribution in [2.75, 3.05) is 39.8 Å². The molecule has 7 nitrogen and oxygen atoms in total. The first kappa shape index (κ1) is 15.5. The van der Waals surface area contributed by atoms with Gasteiger partial charge < -0.3 is 15.1 Å². The molecule has 0 aromatic heterocycles. The molecular weight excluding hydrogens is 296 g/mol. The molecule has 2 aliphatic heterocycles. The van der Waals surface area contributed by atoms with Crippen LogP contribution in [0.25, 0.3) is 0 Å². The highest BCUT2D eigenvalue weighted by Crippen LogP contribution is 2.25. The van der Waals surface area contributed by atoms with Crippen LogP contribution in [0.4, 0.5) is 4.79 Å². The fraction of sp³-hybridized carbons (Fsp3) is 0.438. The van der Waals surface area contributed by atoms with E-state index in [2.05, 4.69) is 10.2 Å². The normalized spacial score (nSPS) is 22.4.